The quantitative estimate of drug-likeness (QED) is 0.809. The van der Waals surface area contributed by atoms with E-state index in [0.717, 1.165) is 5.56 Å². The van der Waals surface area contributed by atoms with E-state index >= 15 is 0 Å². The molecule has 3 unspecified atom stereocenters. The van der Waals surface area contributed by atoms with E-state index in [-0.39, 0.29) is 5.91 Å². The molecular formula is C16H23NO4. The van der Waals surface area contributed by atoms with Crippen LogP contribution in [0.15, 0.2) is 24.3 Å². The van der Waals surface area contributed by atoms with E-state index in [4.69, 9.17) is 9.84 Å². The van der Waals surface area contributed by atoms with Crippen molar-refractivity contribution in [1.82, 2.24) is 5.32 Å². The lowest BCUT2D eigenvalue weighted by atomic mass is 10.0. The first kappa shape index (κ1) is 17.0. The summed E-state index contributed by atoms with van der Waals surface area (Å²) >= 11 is 0. The van der Waals surface area contributed by atoms with Crippen LogP contribution in [0.2, 0.25) is 0 Å². The summed E-state index contributed by atoms with van der Waals surface area (Å²) in [6.45, 7) is 7.04. The first-order chi connectivity index (χ1) is 9.85. The molecule has 0 radical (unpaired) electrons. The van der Waals surface area contributed by atoms with Crippen LogP contribution in [-0.4, -0.2) is 29.1 Å². The second-order valence-electron chi connectivity index (χ2n) is 5.26. The SMILES string of the molecule is CCC(Oc1cccc(C)c1)C(=O)NC(C)C(C)C(=O)O. The summed E-state index contributed by atoms with van der Waals surface area (Å²) in [5, 5.41) is 11.6. The highest BCUT2D eigenvalue weighted by atomic mass is 16.5. The lowest BCUT2D eigenvalue weighted by molar-refractivity contribution is -0.142. The number of carbonyl (C=O) groups is 2. The van der Waals surface area contributed by atoms with E-state index in [2.05, 4.69) is 5.32 Å². The second kappa shape index (κ2) is 7.67. The standard InChI is InChI=1S/C16H23NO4/c1-5-14(21-13-8-6-7-10(2)9-13)15(18)17-12(4)11(3)16(19)20/h6-9,11-12,14H,5H2,1-4H3,(H,17,18)(H,19,20). The minimum absolute atomic E-state index is 0.292. The van der Waals surface area contributed by atoms with Crippen LogP contribution < -0.4 is 10.1 Å². The summed E-state index contributed by atoms with van der Waals surface area (Å²) < 4.78 is 5.69. The van der Waals surface area contributed by atoms with Crippen LogP contribution >= 0.6 is 0 Å². The Kier molecular flexibility index (Phi) is 6.21. The zero-order valence-corrected chi connectivity index (χ0v) is 12.9. The van der Waals surface area contributed by atoms with Crippen molar-refractivity contribution in [1.29, 1.82) is 0 Å². The third-order valence-corrected chi connectivity index (χ3v) is 3.44. The van der Waals surface area contributed by atoms with Gasteiger partial charge in [-0.25, -0.2) is 0 Å². The molecular weight excluding hydrogens is 270 g/mol. The molecule has 0 saturated carbocycles. The summed E-state index contributed by atoms with van der Waals surface area (Å²) in [7, 11) is 0. The number of hydrogen-bond acceptors (Lipinski definition) is 3. The third-order valence-electron chi connectivity index (χ3n) is 3.44. The summed E-state index contributed by atoms with van der Waals surface area (Å²) in [5.41, 5.74) is 1.05. The molecule has 0 fully saturated rings. The van der Waals surface area contributed by atoms with Gasteiger partial charge in [0, 0.05) is 6.04 Å². The van der Waals surface area contributed by atoms with Crippen LogP contribution in [0.5, 0.6) is 5.75 Å². The van der Waals surface area contributed by atoms with Crippen molar-refractivity contribution in [2.45, 2.75) is 46.3 Å². The van der Waals surface area contributed by atoms with Crippen molar-refractivity contribution in [2.75, 3.05) is 0 Å². The molecule has 2 N–H and O–H groups in total. The van der Waals surface area contributed by atoms with Gasteiger partial charge in [-0.1, -0.05) is 19.1 Å². The number of benzene rings is 1. The number of aryl methyl sites for hydroxylation is 1. The average Bonchev–Trinajstić information content (AvgIpc) is 2.43. The predicted octanol–water partition coefficient (Wildman–Crippen LogP) is 2.38. The molecule has 0 bridgehead atoms. The maximum Gasteiger partial charge on any atom is 0.308 e. The number of hydrogen-bond donors (Lipinski definition) is 2. The van der Waals surface area contributed by atoms with E-state index in [1.165, 1.54) is 0 Å². The third kappa shape index (κ3) is 5.10. The lowest BCUT2D eigenvalue weighted by Crippen LogP contribution is -2.46. The van der Waals surface area contributed by atoms with Gasteiger partial charge >= 0.3 is 5.97 Å². The molecule has 1 aromatic rings. The highest BCUT2D eigenvalue weighted by molar-refractivity contribution is 5.82. The highest BCUT2D eigenvalue weighted by Gasteiger charge is 2.25. The van der Waals surface area contributed by atoms with Gasteiger partial charge in [0.2, 0.25) is 0 Å². The fourth-order valence-electron chi connectivity index (χ4n) is 1.83. The minimum Gasteiger partial charge on any atom is -0.481 e. The first-order valence-electron chi connectivity index (χ1n) is 7.11. The summed E-state index contributed by atoms with van der Waals surface area (Å²) in [6, 6.07) is 7.02. The molecule has 0 aromatic heterocycles. The Bertz CT molecular complexity index is 501. The van der Waals surface area contributed by atoms with Gasteiger partial charge in [-0.2, -0.15) is 0 Å². The second-order valence-corrected chi connectivity index (χ2v) is 5.26. The summed E-state index contributed by atoms with van der Waals surface area (Å²) in [5.74, 6) is -1.24. The maximum atomic E-state index is 12.2. The van der Waals surface area contributed by atoms with Crippen molar-refractivity contribution < 1.29 is 19.4 Å². The van der Waals surface area contributed by atoms with E-state index in [1.54, 1.807) is 19.9 Å². The molecule has 3 atom stereocenters. The number of carbonyl (C=O) groups excluding carboxylic acids is 1. The minimum atomic E-state index is -0.935. The fraction of sp³-hybridized carbons (Fsp3) is 0.500. The van der Waals surface area contributed by atoms with Crippen molar-refractivity contribution in [3.05, 3.63) is 29.8 Å². The van der Waals surface area contributed by atoms with Gasteiger partial charge in [0.1, 0.15) is 5.75 Å². The number of carboxylic acids is 1. The first-order valence-corrected chi connectivity index (χ1v) is 7.11. The van der Waals surface area contributed by atoms with Crippen molar-refractivity contribution in [3.63, 3.8) is 0 Å². The van der Waals surface area contributed by atoms with Gasteiger partial charge in [0.15, 0.2) is 6.10 Å². The molecule has 1 aromatic carbocycles. The van der Waals surface area contributed by atoms with Crippen LogP contribution in [0.1, 0.15) is 32.8 Å². The molecule has 1 rings (SSSR count). The molecule has 0 heterocycles. The molecule has 1 amide bonds. The molecule has 5 heteroatoms. The molecule has 0 aliphatic rings. The Morgan fingerprint density at radius 1 is 1.33 bits per heavy atom. The molecule has 0 aliphatic carbocycles. The predicted molar refractivity (Wildman–Crippen MR) is 80.3 cm³/mol. The van der Waals surface area contributed by atoms with Gasteiger partial charge in [0.25, 0.3) is 5.91 Å². The molecule has 0 spiro atoms. The van der Waals surface area contributed by atoms with Crippen molar-refractivity contribution in [2.24, 2.45) is 5.92 Å². The Morgan fingerprint density at radius 3 is 2.52 bits per heavy atom. The number of nitrogens with one attached hydrogen (secondary N) is 1. The Morgan fingerprint density at radius 2 is 2.00 bits per heavy atom. The zero-order valence-electron chi connectivity index (χ0n) is 12.9. The molecule has 21 heavy (non-hydrogen) atoms. The lowest BCUT2D eigenvalue weighted by Gasteiger charge is -2.22. The highest BCUT2D eigenvalue weighted by Crippen LogP contribution is 2.16. The van der Waals surface area contributed by atoms with Crippen molar-refractivity contribution in [3.8, 4) is 5.75 Å². The van der Waals surface area contributed by atoms with Gasteiger partial charge < -0.3 is 15.2 Å². The van der Waals surface area contributed by atoms with Gasteiger partial charge in [-0.05, 0) is 44.9 Å². The number of carboxylic acid groups (broad SMARTS) is 1. The number of ether oxygens (including phenoxy) is 1. The zero-order chi connectivity index (χ0) is 16.0. The smallest absolute Gasteiger partial charge is 0.308 e. The number of amides is 1. The summed E-state index contributed by atoms with van der Waals surface area (Å²) in [4.78, 5) is 23.1. The van der Waals surface area contributed by atoms with Crippen LogP contribution in [0, 0.1) is 12.8 Å². The van der Waals surface area contributed by atoms with E-state index in [0.29, 0.717) is 12.2 Å². The Balaban J connectivity index is 2.67. The largest absolute Gasteiger partial charge is 0.481 e. The van der Waals surface area contributed by atoms with Gasteiger partial charge in [-0.3, -0.25) is 9.59 Å². The van der Waals surface area contributed by atoms with Crippen LogP contribution in [0.25, 0.3) is 0 Å². The van der Waals surface area contributed by atoms with E-state index in [1.807, 2.05) is 32.0 Å². The van der Waals surface area contributed by atoms with Crippen LogP contribution in [0.4, 0.5) is 0 Å². The summed E-state index contributed by atoms with van der Waals surface area (Å²) in [6.07, 6.45) is -0.122. The molecule has 116 valence electrons. The maximum absolute atomic E-state index is 12.2. The van der Waals surface area contributed by atoms with Crippen molar-refractivity contribution >= 4 is 11.9 Å². The average molecular weight is 293 g/mol. The number of rotatable bonds is 7. The Hall–Kier alpha value is -2.04. The fourth-order valence-corrected chi connectivity index (χ4v) is 1.83. The van der Waals surface area contributed by atoms with Crippen LogP contribution in [0.3, 0.4) is 0 Å². The van der Waals surface area contributed by atoms with Gasteiger partial charge in [0.05, 0.1) is 5.92 Å². The molecule has 5 nitrogen and oxygen atoms in total. The van der Waals surface area contributed by atoms with Crippen LogP contribution in [-0.2, 0) is 9.59 Å². The van der Waals surface area contributed by atoms with E-state index in [9.17, 15) is 9.59 Å². The molecule has 0 aliphatic heterocycles. The number of aliphatic carboxylic acids is 1. The monoisotopic (exact) mass is 293 g/mol. The Labute approximate surface area is 125 Å². The molecule has 0 saturated heterocycles. The van der Waals surface area contributed by atoms with E-state index < -0.39 is 24.0 Å². The topological polar surface area (TPSA) is 75.6 Å². The van der Waals surface area contributed by atoms with Gasteiger partial charge in [-0.15, -0.1) is 0 Å². The normalized spacial score (nSPS) is 14.9.